The first-order valence-corrected chi connectivity index (χ1v) is 5.44. The molecule has 0 N–H and O–H groups in total. The summed E-state index contributed by atoms with van der Waals surface area (Å²) in [4.78, 5) is 0. The highest BCUT2D eigenvalue weighted by Crippen LogP contribution is 2.23. The minimum Gasteiger partial charge on any atom is -0.379 e. The number of rotatable bonds is 5. The lowest BCUT2D eigenvalue weighted by Gasteiger charge is -2.11. The van der Waals surface area contributed by atoms with E-state index < -0.39 is 0 Å². The molecule has 14 heavy (non-hydrogen) atoms. The highest BCUT2D eigenvalue weighted by Gasteiger charge is 2.06. The predicted molar refractivity (Wildman–Crippen MR) is 60.7 cm³/mol. The second kappa shape index (κ2) is 6.05. The average Bonchev–Trinajstić information content (AvgIpc) is 2.18. The van der Waals surface area contributed by atoms with Gasteiger partial charge in [-0.1, -0.05) is 30.3 Å². The highest BCUT2D eigenvalue weighted by atomic mass is 35.5. The van der Waals surface area contributed by atoms with Gasteiger partial charge in [0.2, 0.25) is 0 Å². The summed E-state index contributed by atoms with van der Waals surface area (Å²) in [6, 6.07) is 10.1. The SMILES string of the molecule is CC(C)OCCC(Cl)c1ccccc1. The molecule has 0 bridgehead atoms. The Labute approximate surface area is 91.0 Å². The zero-order chi connectivity index (χ0) is 10.4. The number of hydrogen-bond acceptors (Lipinski definition) is 1. The van der Waals surface area contributed by atoms with Crippen LogP contribution in [0.4, 0.5) is 0 Å². The van der Waals surface area contributed by atoms with Gasteiger partial charge in [0, 0.05) is 6.61 Å². The van der Waals surface area contributed by atoms with Gasteiger partial charge in [-0.2, -0.15) is 0 Å². The Morgan fingerprint density at radius 1 is 1.21 bits per heavy atom. The van der Waals surface area contributed by atoms with Crippen molar-refractivity contribution < 1.29 is 4.74 Å². The molecule has 0 amide bonds. The smallest absolute Gasteiger partial charge is 0.0607 e. The van der Waals surface area contributed by atoms with Crippen molar-refractivity contribution in [1.82, 2.24) is 0 Å². The topological polar surface area (TPSA) is 9.23 Å². The summed E-state index contributed by atoms with van der Waals surface area (Å²) in [5.41, 5.74) is 1.17. The van der Waals surface area contributed by atoms with Crippen molar-refractivity contribution in [2.75, 3.05) is 6.61 Å². The molecule has 0 heterocycles. The van der Waals surface area contributed by atoms with Gasteiger partial charge in [0.05, 0.1) is 11.5 Å². The summed E-state index contributed by atoms with van der Waals surface area (Å²) in [5, 5.41) is 0.0648. The minimum absolute atomic E-state index is 0.0648. The second-order valence-corrected chi connectivity index (χ2v) is 4.11. The van der Waals surface area contributed by atoms with Crippen molar-refractivity contribution in [3.63, 3.8) is 0 Å². The Kier molecular flexibility index (Phi) is 4.99. The Balaban J connectivity index is 2.32. The van der Waals surface area contributed by atoms with Crippen LogP contribution in [0, 0.1) is 0 Å². The van der Waals surface area contributed by atoms with Crippen LogP contribution in [0.25, 0.3) is 0 Å². The van der Waals surface area contributed by atoms with E-state index >= 15 is 0 Å². The van der Waals surface area contributed by atoms with E-state index in [-0.39, 0.29) is 11.5 Å². The Morgan fingerprint density at radius 2 is 1.86 bits per heavy atom. The molecule has 1 nitrogen and oxygen atoms in total. The van der Waals surface area contributed by atoms with Gasteiger partial charge < -0.3 is 4.74 Å². The molecule has 0 fully saturated rings. The van der Waals surface area contributed by atoms with E-state index in [1.807, 2.05) is 44.2 Å². The largest absolute Gasteiger partial charge is 0.379 e. The molecule has 0 aliphatic heterocycles. The summed E-state index contributed by atoms with van der Waals surface area (Å²) in [6.45, 7) is 4.79. The zero-order valence-corrected chi connectivity index (χ0v) is 9.50. The van der Waals surface area contributed by atoms with Crippen molar-refractivity contribution in [3.05, 3.63) is 35.9 Å². The van der Waals surface area contributed by atoms with Crippen molar-refractivity contribution >= 4 is 11.6 Å². The molecule has 1 rings (SSSR count). The summed E-state index contributed by atoms with van der Waals surface area (Å²) in [6.07, 6.45) is 1.15. The highest BCUT2D eigenvalue weighted by molar-refractivity contribution is 6.20. The van der Waals surface area contributed by atoms with Crippen molar-refractivity contribution in [2.24, 2.45) is 0 Å². The third kappa shape index (κ3) is 4.12. The molecular formula is C12H17ClO. The maximum Gasteiger partial charge on any atom is 0.0607 e. The summed E-state index contributed by atoms with van der Waals surface area (Å²) >= 11 is 6.21. The van der Waals surface area contributed by atoms with Crippen LogP contribution < -0.4 is 0 Å². The van der Waals surface area contributed by atoms with Crippen LogP contribution in [0.2, 0.25) is 0 Å². The standard InChI is InChI=1S/C12H17ClO/c1-10(2)14-9-8-12(13)11-6-4-3-5-7-11/h3-7,10,12H,8-9H2,1-2H3. The van der Waals surface area contributed by atoms with Gasteiger partial charge in [0.1, 0.15) is 0 Å². The molecule has 0 aliphatic rings. The normalized spacial score (nSPS) is 13.1. The van der Waals surface area contributed by atoms with Gasteiger partial charge in [-0.25, -0.2) is 0 Å². The molecule has 2 heteroatoms. The van der Waals surface area contributed by atoms with Gasteiger partial charge >= 0.3 is 0 Å². The number of hydrogen-bond donors (Lipinski definition) is 0. The number of alkyl halides is 1. The lowest BCUT2D eigenvalue weighted by atomic mass is 10.1. The van der Waals surface area contributed by atoms with Crippen molar-refractivity contribution in [2.45, 2.75) is 31.7 Å². The van der Waals surface area contributed by atoms with Crippen LogP contribution in [0.3, 0.4) is 0 Å². The lowest BCUT2D eigenvalue weighted by molar-refractivity contribution is 0.0765. The van der Waals surface area contributed by atoms with Crippen LogP contribution in [-0.4, -0.2) is 12.7 Å². The Bertz CT molecular complexity index is 246. The third-order valence-corrected chi connectivity index (χ3v) is 2.45. The Morgan fingerprint density at radius 3 is 2.43 bits per heavy atom. The quantitative estimate of drug-likeness (QED) is 0.675. The molecule has 1 atom stereocenters. The molecule has 0 saturated carbocycles. The van der Waals surface area contributed by atoms with E-state index in [1.54, 1.807) is 0 Å². The first kappa shape index (κ1) is 11.5. The summed E-state index contributed by atoms with van der Waals surface area (Å²) in [5.74, 6) is 0. The van der Waals surface area contributed by atoms with E-state index in [2.05, 4.69) is 0 Å². The van der Waals surface area contributed by atoms with Crippen LogP contribution in [-0.2, 0) is 4.74 Å². The molecule has 0 aliphatic carbocycles. The number of halogens is 1. The fourth-order valence-electron chi connectivity index (χ4n) is 1.24. The molecule has 1 unspecified atom stereocenters. The fraction of sp³-hybridized carbons (Fsp3) is 0.500. The second-order valence-electron chi connectivity index (χ2n) is 3.59. The van der Waals surface area contributed by atoms with E-state index in [1.165, 1.54) is 5.56 Å². The fourth-order valence-corrected chi connectivity index (χ4v) is 1.47. The zero-order valence-electron chi connectivity index (χ0n) is 8.74. The third-order valence-electron chi connectivity index (χ3n) is 1.98. The van der Waals surface area contributed by atoms with Gasteiger partial charge in [0.15, 0.2) is 0 Å². The van der Waals surface area contributed by atoms with Crippen LogP contribution in [0.15, 0.2) is 30.3 Å². The first-order chi connectivity index (χ1) is 6.70. The molecule has 1 aromatic rings. The van der Waals surface area contributed by atoms with Crippen molar-refractivity contribution in [3.8, 4) is 0 Å². The average molecular weight is 213 g/mol. The van der Waals surface area contributed by atoms with Crippen LogP contribution in [0.1, 0.15) is 31.2 Å². The molecule has 0 spiro atoms. The summed E-state index contributed by atoms with van der Waals surface area (Å²) in [7, 11) is 0. The molecule has 0 aromatic heterocycles. The Hall–Kier alpha value is -0.530. The van der Waals surface area contributed by atoms with Crippen molar-refractivity contribution in [1.29, 1.82) is 0 Å². The van der Waals surface area contributed by atoms with Gasteiger partial charge in [-0.05, 0) is 25.8 Å². The summed E-state index contributed by atoms with van der Waals surface area (Å²) < 4.78 is 5.45. The number of ether oxygens (including phenoxy) is 1. The first-order valence-electron chi connectivity index (χ1n) is 5.00. The lowest BCUT2D eigenvalue weighted by Crippen LogP contribution is -2.05. The molecule has 78 valence electrons. The van der Waals surface area contributed by atoms with E-state index in [9.17, 15) is 0 Å². The molecule has 1 aromatic carbocycles. The maximum absolute atomic E-state index is 6.21. The maximum atomic E-state index is 6.21. The van der Waals surface area contributed by atoms with Crippen LogP contribution >= 0.6 is 11.6 Å². The molecule has 0 radical (unpaired) electrons. The predicted octanol–water partition coefficient (Wildman–Crippen LogP) is 3.78. The minimum atomic E-state index is 0.0648. The van der Waals surface area contributed by atoms with Gasteiger partial charge in [0.25, 0.3) is 0 Å². The van der Waals surface area contributed by atoms with Crippen LogP contribution in [0.5, 0.6) is 0 Å². The molecule has 0 saturated heterocycles. The molecular weight excluding hydrogens is 196 g/mol. The van der Waals surface area contributed by atoms with E-state index in [0.717, 1.165) is 13.0 Å². The van der Waals surface area contributed by atoms with Gasteiger partial charge in [-0.3, -0.25) is 0 Å². The van der Waals surface area contributed by atoms with Gasteiger partial charge in [-0.15, -0.1) is 11.6 Å². The monoisotopic (exact) mass is 212 g/mol. The number of benzene rings is 1. The van der Waals surface area contributed by atoms with E-state index in [4.69, 9.17) is 16.3 Å². The van der Waals surface area contributed by atoms with E-state index in [0.29, 0.717) is 0 Å².